The average molecular weight is 325 g/mol. The van der Waals surface area contributed by atoms with Crippen LogP contribution < -0.4 is 5.73 Å². The molecular formula is C18H29ClN2O. The number of hydrogen-bond donors (Lipinski definition) is 1. The third kappa shape index (κ3) is 4.23. The third-order valence-electron chi connectivity index (χ3n) is 4.53. The zero-order valence-electron chi connectivity index (χ0n) is 14.1. The fraction of sp³-hybridized carbons (Fsp3) is 0.611. The van der Waals surface area contributed by atoms with Crippen molar-refractivity contribution in [1.82, 2.24) is 4.90 Å². The topological polar surface area (TPSA) is 46.3 Å². The van der Waals surface area contributed by atoms with Gasteiger partial charge in [0.1, 0.15) is 0 Å². The van der Waals surface area contributed by atoms with Gasteiger partial charge < -0.3 is 10.6 Å². The molecule has 1 amide bonds. The average Bonchev–Trinajstić information content (AvgIpc) is 2.79. The van der Waals surface area contributed by atoms with Crippen LogP contribution in [0, 0.1) is 12.8 Å². The first-order chi connectivity index (χ1) is 9.90. The normalized spacial score (nSPS) is 22.5. The number of hydrogen-bond acceptors (Lipinski definition) is 2. The maximum Gasteiger partial charge on any atom is 0.239 e. The molecular weight excluding hydrogens is 296 g/mol. The van der Waals surface area contributed by atoms with Crippen molar-refractivity contribution in [3.63, 3.8) is 0 Å². The van der Waals surface area contributed by atoms with E-state index in [-0.39, 0.29) is 30.4 Å². The van der Waals surface area contributed by atoms with E-state index in [1.165, 1.54) is 11.1 Å². The molecule has 0 aliphatic carbocycles. The van der Waals surface area contributed by atoms with Gasteiger partial charge in [0, 0.05) is 18.5 Å². The second kappa shape index (κ2) is 7.98. The monoisotopic (exact) mass is 324 g/mol. The Morgan fingerprint density at radius 1 is 1.36 bits per heavy atom. The molecule has 2 unspecified atom stereocenters. The van der Waals surface area contributed by atoms with E-state index < -0.39 is 0 Å². The Labute approximate surface area is 140 Å². The van der Waals surface area contributed by atoms with E-state index >= 15 is 0 Å². The highest BCUT2D eigenvalue weighted by Crippen LogP contribution is 2.33. The number of likely N-dealkylation sites (tertiary alicyclic amines) is 1. The largest absolute Gasteiger partial charge is 0.338 e. The number of benzene rings is 1. The van der Waals surface area contributed by atoms with E-state index in [1.54, 1.807) is 0 Å². The molecule has 22 heavy (non-hydrogen) atoms. The van der Waals surface area contributed by atoms with Crippen molar-refractivity contribution in [3.05, 3.63) is 35.4 Å². The van der Waals surface area contributed by atoms with Gasteiger partial charge >= 0.3 is 0 Å². The number of nitrogens with two attached hydrogens (primary N) is 1. The second-order valence-corrected chi connectivity index (χ2v) is 6.86. The summed E-state index contributed by atoms with van der Waals surface area (Å²) in [7, 11) is 0. The lowest BCUT2D eigenvalue weighted by molar-refractivity contribution is -0.133. The molecule has 0 aromatic heterocycles. The first kappa shape index (κ1) is 19.0. The van der Waals surface area contributed by atoms with E-state index in [2.05, 4.69) is 52.0 Å². The first-order valence-corrected chi connectivity index (χ1v) is 8.01. The molecule has 124 valence electrons. The van der Waals surface area contributed by atoms with Crippen LogP contribution in [-0.2, 0) is 4.79 Å². The molecule has 3 nitrogen and oxygen atoms in total. The molecule has 4 heteroatoms. The second-order valence-electron chi connectivity index (χ2n) is 6.86. The summed E-state index contributed by atoms with van der Waals surface area (Å²) in [6, 6.07) is 8.41. The maximum absolute atomic E-state index is 12.6. The van der Waals surface area contributed by atoms with Crippen LogP contribution >= 0.6 is 12.4 Å². The molecule has 0 saturated carbocycles. The van der Waals surface area contributed by atoms with Gasteiger partial charge in [0.05, 0.1) is 6.04 Å². The van der Waals surface area contributed by atoms with Crippen molar-refractivity contribution < 1.29 is 4.79 Å². The van der Waals surface area contributed by atoms with Gasteiger partial charge in [-0.1, -0.05) is 38.1 Å². The van der Waals surface area contributed by atoms with E-state index in [9.17, 15) is 4.79 Å². The molecule has 1 aliphatic rings. The van der Waals surface area contributed by atoms with Gasteiger partial charge in [-0.05, 0) is 43.7 Å². The fourth-order valence-electron chi connectivity index (χ4n) is 3.43. The van der Waals surface area contributed by atoms with Crippen LogP contribution in [0.15, 0.2) is 24.3 Å². The van der Waals surface area contributed by atoms with Gasteiger partial charge in [0.2, 0.25) is 5.91 Å². The molecule has 1 heterocycles. The third-order valence-corrected chi connectivity index (χ3v) is 4.53. The van der Waals surface area contributed by atoms with E-state index in [0.29, 0.717) is 11.8 Å². The lowest BCUT2D eigenvalue weighted by Crippen LogP contribution is -2.45. The van der Waals surface area contributed by atoms with E-state index in [1.807, 2.05) is 4.90 Å². The Balaban J connectivity index is 0.00000242. The van der Waals surface area contributed by atoms with Crippen molar-refractivity contribution in [3.8, 4) is 0 Å². The van der Waals surface area contributed by atoms with Gasteiger partial charge in [0.15, 0.2) is 0 Å². The SMILES string of the molecule is Cc1ccccc1C1CC(C)N(C(=O)[C@@H](N)CC(C)C)C1.Cl. The molecule has 0 spiro atoms. The summed E-state index contributed by atoms with van der Waals surface area (Å²) < 4.78 is 0. The van der Waals surface area contributed by atoms with Crippen molar-refractivity contribution in [2.75, 3.05) is 6.54 Å². The molecule has 0 bridgehead atoms. The molecule has 1 saturated heterocycles. The predicted octanol–water partition coefficient (Wildman–Crippen LogP) is 3.49. The molecule has 3 atom stereocenters. The van der Waals surface area contributed by atoms with Crippen LogP contribution in [0.25, 0.3) is 0 Å². The maximum atomic E-state index is 12.6. The molecule has 2 N–H and O–H groups in total. The van der Waals surface area contributed by atoms with Crippen LogP contribution in [0.1, 0.15) is 50.7 Å². The standard InChI is InChI=1S/C18H28N2O.ClH/c1-12(2)9-17(19)18(21)20-11-15(10-14(20)4)16-8-6-5-7-13(16)3;/h5-8,12,14-15,17H,9-11,19H2,1-4H3;1H/t14?,15?,17-;/m0./s1. The van der Waals surface area contributed by atoms with Crippen LogP contribution in [0.5, 0.6) is 0 Å². The summed E-state index contributed by atoms with van der Waals surface area (Å²) in [5, 5.41) is 0. The van der Waals surface area contributed by atoms with Crippen molar-refractivity contribution in [2.45, 2.75) is 58.5 Å². The number of carbonyl (C=O) groups is 1. The first-order valence-electron chi connectivity index (χ1n) is 8.01. The Hall–Kier alpha value is -1.06. The van der Waals surface area contributed by atoms with Crippen molar-refractivity contribution >= 4 is 18.3 Å². The summed E-state index contributed by atoms with van der Waals surface area (Å²) in [6.07, 6.45) is 1.79. The van der Waals surface area contributed by atoms with Gasteiger partial charge in [-0.3, -0.25) is 4.79 Å². The van der Waals surface area contributed by atoms with Gasteiger partial charge in [0.25, 0.3) is 0 Å². The highest BCUT2D eigenvalue weighted by atomic mass is 35.5. The van der Waals surface area contributed by atoms with Crippen LogP contribution in [-0.4, -0.2) is 29.4 Å². The number of carbonyl (C=O) groups excluding carboxylic acids is 1. The Kier molecular flexibility index (Phi) is 6.89. The quantitative estimate of drug-likeness (QED) is 0.921. The van der Waals surface area contributed by atoms with E-state index in [4.69, 9.17) is 5.73 Å². The highest BCUT2D eigenvalue weighted by molar-refractivity contribution is 5.85. The van der Waals surface area contributed by atoms with Crippen LogP contribution in [0.2, 0.25) is 0 Å². The summed E-state index contributed by atoms with van der Waals surface area (Å²) in [4.78, 5) is 14.5. The minimum Gasteiger partial charge on any atom is -0.338 e. The van der Waals surface area contributed by atoms with Gasteiger partial charge in [-0.2, -0.15) is 0 Å². The number of halogens is 1. The molecule has 0 radical (unpaired) electrons. The number of rotatable bonds is 4. The fourth-order valence-corrected chi connectivity index (χ4v) is 3.43. The number of nitrogens with zero attached hydrogens (tertiary/aromatic N) is 1. The minimum atomic E-state index is -0.358. The molecule has 1 aromatic rings. The van der Waals surface area contributed by atoms with E-state index in [0.717, 1.165) is 19.4 Å². The number of amides is 1. The smallest absolute Gasteiger partial charge is 0.239 e. The lowest BCUT2D eigenvalue weighted by atomic mass is 9.93. The molecule has 1 aromatic carbocycles. The molecule has 1 aliphatic heterocycles. The molecule has 1 fully saturated rings. The van der Waals surface area contributed by atoms with Gasteiger partial charge in [-0.15, -0.1) is 12.4 Å². The lowest BCUT2D eigenvalue weighted by Gasteiger charge is -2.26. The zero-order chi connectivity index (χ0) is 15.6. The zero-order valence-corrected chi connectivity index (χ0v) is 14.9. The summed E-state index contributed by atoms with van der Waals surface area (Å²) >= 11 is 0. The van der Waals surface area contributed by atoms with Gasteiger partial charge in [-0.25, -0.2) is 0 Å². The van der Waals surface area contributed by atoms with Crippen molar-refractivity contribution in [1.29, 1.82) is 0 Å². The molecule has 2 rings (SSSR count). The minimum absolute atomic E-state index is 0. The predicted molar refractivity (Wildman–Crippen MR) is 94.4 cm³/mol. The summed E-state index contributed by atoms with van der Waals surface area (Å²) in [5.74, 6) is 1.01. The highest BCUT2D eigenvalue weighted by Gasteiger charge is 2.35. The van der Waals surface area contributed by atoms with Crippen molar-refractivity contribution in [2.24, 2.45) is 11.7 Å². The Morgan fingerprint density at radius 3 is 2.59 bits per heavy atom. The van der Waals surface area contributed by atoms with Crippen LogP contribution in [0.4, 0.5) is 0 Å². The summed E-state index contributed by atoms with van der Waals surface area (Å²) in [5.41, 5.74) is 8.77. The Bertz CT molecular complexity index is 504. The van der Waals surface area contributed by atoms with Crippen LogP contribution in [0.3, 0.4) is 0 Å². The number of aryl methyl sites for hydroxylation is 1. The Morgan fingerprint density at radius 2 is 2.00 bits per heavy atom. The summed E-state index contributed by atoms with van der Waals surface area (Å²) in [6.45, 7) is 9.30.